The zero-order valence-corrected chi connectivity index (χ0v) is 12.9. The molecule has 2 amide bonds. The van der Waals surface area contributed by atoms with Crippen molar-refractivity contribution < 1.29 is 4.79 Å². The van der Waals surface area contributed by atoms with E-state index in [1.807, 2.05) is 32.0 Å². The lowest BCUT2D eigenvalue weighted by atomic mass is 10.00. The molecule has 0 aromatic heterocycles. The maximum Gasteiger partial charge on any atom is 0.333 e. The van der Waals surface area contributed by atoms with Gasteiger partial charge < -0.3 is 5.32 Å². The Hall–Kier alpha value is -1.55. The van der Waals surface area contributed by atoms with Crippen molar-refractivity contribution in [3.8, 4) is 0 Å². The number of nitrogens with one attached hydrogen (secondary N) is 2. The van der Waals surface area contributed by atoms with Crippen LogP contribution in [0, 0.1) is 13.8 Å². The molecule has 110 valence electrons. The van der Waals surface area contributed by atoms with Crippen molar-refractivity contribution in [3.63, 3.8) is 0 Å². The second kappa shape index (κ2) is 6.27. The predicted octanol–water partition coefficient (Wildman–Crippen LogP) is 3.60. The standard InChI is InChI=1S/C16H25N3O/c1-11-7-5-8-12(2)15(11)17-16(20)18-19-13(3)9-6-10-14(19)4/h5,7-8,13-14H,6,9-10H2,1-4H3,(H2,17,18,20)/t13-,14-/m0/s1. The molecule has 1 saturated heterocycles. The van der Waals surface area contributed by atoms with Gasteiger partial charge in [0.15, 0.2) is 0 Å². The maximum atomic E-state index is 12.2. The van der Waals surface area contributed by atoms with Gasteiger partial charge in [-0.3, -0.25) is 5.43 Å². The third-order valence-corrected chi connectivity index (χ3v) is 4.14. The highest BCUT2D eigenvalue weighted by Crippen LogP contribution is 2.21. The van der Waals surface area contributed by atoms with E-state index in [1.54, 1.807) is 0 Å². The van der Waals surface area contributed by atoms with Gasteiger partial charge in [-0.05, 0) is 51.7 Å². The quantitative estimate of drug-likeness (QED) is 0.866. The Labute approximate surface area is 121 Å². The number of urea groups is 1. The molecule has 4 heteroatoms. The molecule has 2 N–H and O–H groups in total. The Morgan fingerprint density at radius 3 is 2.25 bits per heavy atom. The highest BCUT2D eigenvalue weighted by molar-refractivity contribution is 5.90. The van der Waals surface area contributed by atoms with E-state index < -0.39 is 0 Å². The van der Waals surface area contributed by atoms with Gasteiger partial charge in [-0.25, -0.2) is 9.80 Å². The van der Waals surface area contributed by atoms with Gasteiger partial charge in [0.2, 0.25) is 0 Å². The van der Waals surface area contributed by atoms with Crippen molar-refractivity contribution in [1.82, 2.24) is 10.4 Å². The van der Waals surface area contributed by atoms with Crippen LogP contribution in [-0.2, 0) is 0 Å². The number of carbonyl (C=O) groups excluding carboxylic acids is 1. The Balaban J connectivity index is 2.02. The first-order valence-electron chi connectivity index (χ1n) is 7.41. The molecular formula is C16H25N3O. The number of hydrogen-bond acceptors (Lipinski definition) is 2. The highest BCUT2D eigenvalue weighted by atomic mass is 16.2. The average molecular weight is 275 g/mol. The molecular weight excluding hydrogens is 250 g/mol. The van der Waals surface area contributed by atoms with Crippen molar-refractivity contribution >= 4 is 11.7 Å². The van der Waals surface area contributed by atoms with E-state index in [0.29, 0.717) is 12.1 Å². The number of hydrogen-bond donors (Lipinski definition) is 2. The predicted molar refractivity (Wildman–Crippen MR) is 82.7 cm³/mol. The van der Waals surface area contributed by atoms with Crippen LogP contribution in [0.25, 0.3) is 0 Å². The number of nitrogens with zero attached hydrogens (tertiary/aromatic N) is 1. The minimum atomic E-state index is -0.150. The second-order valence-electron chi connectivity index (χ2n) is 5.87. The molecule has 1 aromatic carbocycles. The van der Waals surface area contributed by atoms with Gasteiger partial charge in [0, 0.05) is 17.8 Å². The van der Waals surface area contributed by atoms with E-state index in [2.05, 4.69) is 29.6 Å². The normalized spacial score (nSPS) is 23.4. The van der Waals surface area contributed by atoms with Crippen molar-refractivity contribution in [2.24, 2.45) is 0 Å². The summed E-state index contributed by atoms with van der Waals surface area (Å²) in [4.78, 5) is 12.2. The molecule has 0 spiro atoms. The lowest BCUT2D eigenvalue weighted by molar-refractivity contribution is 0.0625. The van der Waals surface area contributed by atoms with Crippen LogP contribution in [0.5, 0.6) is 0 Å². The zero-order valence-electron chi connectivity index (χ0n) is 12.9. The van der Waals surface area contributed by atoms with Crippen molar-refractivity contribution in [1.29, 1.82) is 0 Å². The number of rotatable bonds is 2. The first kappa shape index (κ1) is 14.9. The molecule has 1 fully saturated rings. The van der Waals surface area contributed by atoms with E-state index in [0.717, 1.165) is 29.7 Å². The second-order valence-corrected chi connectivity index (χ2v) is 5.87. The summed E-state index contributed by atoms with van der Waals surface area (Å²) in [6.45, 7) is 8.34. The lowest BCUT2D eigenvalue weighted by Crippen LogP contribution is -2.55. The molecule has 0 bridgehead atoms. The van der Waals surface area contributed by atoms with Crippen molar-refractivity contribution in [2.75, 3.05) is 5.32 Å². The Morgan fingerprint density at radius 1 is 1.15 bits per heavy atom. The van der Waals surface area contributed by atoms with Crippen molar-refractivity contribution in [2.45, 2.75) is 59.0 Å². The van der Waals surface area contributed by atoms with Gasteiger partial charge in [0.05, 0.1) is 0 Å². The number of anilines is 1. The average Bonchev–Trinajstić information content (AvgIpc) is 2.39. The van der Waals surface area contributed by atoms with E-state index in [9.17, 15) is 4.79 Å². The van der Waals surface area contributed by atoms with Crippen LogP contribution < -0.4 is 10.7 Å². The van der Waals surface area contributed by atoms with Gasteiger partial charge in [0.25, 0.3) is 0 Å². The number of para-hydroxylation sites is 1. The molecule has 1 aliphatic rings. The number of amides is 2. The Bertz CT molecular complexity index is 456. The number of carbonyl (C=O) groups is 1. The summed E-state index contributed by atoms with van der Waals surface area (Å²) >= 11 is 0. The summed E-state index contributed by atoms with van der Waals surface area (Å²) in [6.07, 6.45) is 3.50. The van der Waals surface area contributed by atoms with Crippen LogP contribution >= 0.6 is 0 Å². The third kappa shape index (κ3) is 3.31. The van der Waals surface area contributed by atoms with Gasteiger partial charge >= 0.3 is 6.03 Å². The summed E-state index contributed by atoms with van der Waals surface area (Å²) in [5, 5.41) is 5.05. The fourth-order valence-corrected chi connectivity index (χ4v) is 2.91. The summed E-state index contributed by atoms with van der Waals surface area (Å²) < 4.78 is 0. The number of hydrazine groups is 1. The van der Waals surface area contributed by atoms with Crippen LogP contribution in [0.4, 0.5) is 10.5 Å². The molecule has 20 heavy (non-hydrogen) atoms. The van der Waals surface area contributed by atoms with Gasteiger partial charge in [-0.1, -0.05) is 24.6 Å². The number of piperidine rings is 1. The molecule has 1 aliphatic heterocycles. The molecule has 0 unspecified atom stereocenters. The third-order valence-electron chi connectivity index (χ3n) is 4.14. The maximum absolute atomic E-state index is 12.2. The fraction of sp³-hybridized carbons (Fsp3) is 0.562. The summed E-state index contributed by atoms with van der Waals surface area (Å²) in [5.41, 5.74) is 6.08. The monoisotopic (exact) mass is 275 g/mol. The number of aryl methyl sites for hydroxylation is 2. The van der Waals surface area contributed by atoms with E-state index in [1.165, 1.54) is 6.42 Å². The van der Waals surface area contributed by atoms with Crippen LogP contribution in [0.2, 0.25) is 0 Å². The first-order valence-corrected chi connectivity index (χ1v) is 7.41. The number of benzene rings is 1. The zero-order chi connectivity index (χ0) is 14.7. The largest absolute Gasteiger partial charge is 0.333 e. The first-order chi connectivity index (χ1) is 9.49. The van der Waals surface area contributed by atoms with Crippen LogP contribution in [-0.4, -0.2) is 23.1 Å². The molecule has 2 atom stereocenters. The van der Waals surface area contributed by atoms with Crippen molar-refractivity contribution in [3.05, 3.63) is 29.3 Å². The minimum Gasteiger partial charge on any atom is -0.306 e. The lowest BCUT2D eigenvalue weighted by Gasteiger charge is -2.38. The van der Waals surface area contributed by atoms with Gasteiger partial charge in [0.1, 0.15) is 0 Å². The topological polar surface area (TPSA) is 44.4 Å². The Morgan fingerprint density at radius 2 is 1.70 bits per heavy atom. The molecule has 2 rings (SSSR count). The molecule has 0 radical (unpaired) electrons. The van der Waals surface area contributed by atoms with Crippen LogP contribution in [0.3, 0.4) is 0 Å². The Kier molecular flexibility index (Phi) is 4.65. The van der Waals surface area contributed by atoms with Crippen LogP contribution in [0.15, 0.2) is 18.2 Å². The molecule has 1 aromatic rings. The van der Waals surface area contributed by atoms with E-state index in [4.69, 9.17) is 0 Å². The van der Waals surface area contributed by atoms with Crippen LogP contribution in [0.1, 0.15) is 44.2 Å². The smallest absolute Gasteiger partial charge is 0.306 e. The summed E-state index contributed by atoms with van der Waals surface area (Å²) in [5.74, 6) is 0. The molecule has 1 heterocycles. The highest BCUT2D eigenvalue weighted by Gasteiger charge is 2.26. The molecule has 0 saturated carbocycles. The SMILES string of the molecule is Cc1cccc(C)c1NC(=O)NN1[C@@H](C)CCC[C@@H]1C. The van der Waals surface area contributed by atoms with Gasteiger partial charge in [-0.2, -0.15) is 0 Å². The molecule has 4 nitrogen and oxygen atoms in total. The van der Waals surface area contributed by atoms with E-state index >= 15 is 0 Å². The minimum absolute atomic E-state index is 0.150. The summed E-state index contributed by atoms with van der Waals surface area (Å²) in [6, 6.07) is 6.65. The van der Waals surface area contributed by atoms with Gasteiger partial charge in [-0.15, -0.1) is 0 Å². The fourth-order valence-electron chi connectivity index (χ4n) is 2.91. The molecule has 0 aliphatic carbocycles. The summed E-state index contributed by atoms with van der Waals surface area (Å²) in [7, 11) is 0. The van der Waals surface area contributed by atoms with E-state index in [-0.39, 0.29) is 6.03 Å².